The largest absolute Gasteiger partial charge is 0.361 e. The van der Waals surface area contributed by atoms with Gasteiger partial charge in [0, 0.05) is 27.3 Å². The van der Waals surface area contributed by atoms with Crippen molar-refractivity contribution in [3.05, 3.63) is 63.6 Å². The molecular formula is C17H16Cl2N2O. The molecule has 0 saturated heterocycles. The average molecular weight is 335 g/mol. The Balaban J connectivity index is 2.16. The first-order valence-electron chi connectivity index (χ1n) is 7.13. The Morgan fingerprint density at radius 1 is 1.05 bits per heavy atom. The molecular weight excluding hydrogens is 319 g/mol. The fourth-order valence-corrected chi connectivity index (χ4v) is 3.39. The standard InChI is InChI=1S/C17H16Cl2N2O/c1-10(2)21-16(15-12(18)7-5-8-13(15)19)20-14-9-4-3-6-11(14)17(21)22/h3-10,16,20H,1-2H3. The lowest BCUT2D eigenvalue weighted by molar-refractivity contribution is 0.0617. The third kappa shape index (κ3) is 2.44. The number of benzene rings is 2. The summed E-state index contributed by atoms with van der Waals surface area (Å²) in [6.45, 7) is 3.95. The van der Waals surface area contributed by atoms with E-state index in [-0.39, 0.29) is 18.1 Å². The summed E-state index contributed by atoms with van der Waals surface area (Å²) < 4.78 is 0. The Hall–Kier alpha value is -1.71. The van der Waals surface area contributed by atoms with Crippen molar-refractivity contribution in [2.24, 2.45) is 0 Å². The van der Waals surface area contributed by atoms with Crippen molar-refractivity contribution in [2.45, 2.75) is 26.1 Å². The zero-order chi connectivity index (χ0) is 15.9. The zero-order valence-corrected chi connectivity index (χ0v) is 13.8. The van der Waals surface area contributed by atoms with E-state index in [1.807, 2.05) is 38.1 Å². The summed E-state index contributed by atoms with van der Waals surface area (Å²) in [6, 6.07) is 12.8. The maximum atomic E-state index is 12.9. The van der Waals surface area contributed by atoms with Gasteiger partial charge in [-0.3, -0.25) is 4.79 Å². The fraction of sp³-hybridized carbons (Fsp3) is 0.235. The van der Waals surface area contributed by atoms with Crippen molar-refractivity contribution in [3.8, 4) is 0 Å². The van der Waals surface area contributed by atoms with Crippen LogP contribution in [0.25, 0.3) is 0 Å². The summed E-state index contributed by atoms with van der Waals surface area (Å²) in [5.41, 5.74) is 2.18. The molecule has 22 heavy (non-hydrogen) atoms. The summed E-state index contributed by atoms with van der Waals surface area (Å²) in [5, 5.41) is 4.48. The molecule has 2 aromatic rings. The van der Waals surface area contributed by atoms with E-state index in [4.69, 9.17) is 23.2 Å². The second-order valence-electron chi connectivity index (χ2n) is 5.53. The van der Waals surface area contributed by atoms with Crippen LogP contribution in [0.3, 0.4) is 0 Å². The Morgan fingerprint density at radius 3 is 2.32 bits per heavy atom. The molecule has 0 spiro atoms. The van der Waals surface area contributed by atoms with Crippen LogP contribution >= 0.6 is 23.2 Å². The predicted molar refractivity (Wildman–Crippen MR) is 90.6 cm³/mol. The highest BCUT2D eigenvalue weighted by Crippen LogP contribution is 2.39. The number of hydrogen-bond donors (Lipinski definition) is 1. The minimum absolute atomic E-state index is 0.00527. The molecule has 1 atom stereocenters. The fourth-order valence-electron chi connectivity index (χ4n) is 2.78. The molecule has 0 aliphatic carbocycles. The van der Waals surface area contributed by atoms with E-state index in [1.165, 1.54) is 0 Å². The van der Waals surface area contributed by atoms with Gasteiger partial charge in [0.15, 0.2) is 0 Å². The second-order valence-corrected chi connectivity index (χ2v) is 6.35. The van der Waals surface area contributed by atoms with Crippen LogP contribution in [-0.4, -0.2) is 16.8 Å². The SMILES string of the molecule is CC(C)N1C(=O)c2ccccc2NC1c1c(Cl)cccc1Cl. The number of amides is 1. The van der Waals surface area contributed by atoms with Crippen LogP contribution in [-0.2, 0) is 0 Å². The Kier molecular flexibility index (Phi) is 4.02. The summed E-state index contributed by atoms with van der Waals surface area (Å²) >= 11 is 12.7. The highest BCUT2D eigenvalue weighted by molar-refractivity contribution is 6.36. The van der Waals surface area contributed by atoms with Crippen LogP contribution in [0, 0.1) is 0 Å². The van der Waals surface area contributed by atoms with Crippen molar-refractivity contribution in [1.29, 1.82) is 0 Å². The van der Waals surface area contributed by atoms with Crippen LogP contribution in [0.5, 0.6) is 0 Å². The Morgan fingerprint density at radius 2 is 1.68 bits per heavy atom. The number of nitrogens with zero attached hydrogens (tertiary/aromatic N) is 1. The van der Waals surface area contributed by atoms with E-state index in [0.29, 0.717) is 15.6 Å². The number of carbonyl (C=O) groups is 1. The first kappa shape index (κ1) is 15.2. The van der Waals surface area contributed by atoms with Gasteiger partial charge in [0.2, 0.25) is 0 Å². The summed E-state index contributed by atoms with van der Waals surface area (Å²) in [6.07, 6.45) is -0.386. The first-order valence-corrected chi connectivity index (χ1v) is 7.88. The third-order valence-electron chi connectivity index (χ3n) is 3.79. The van der Waals surface area contributed by atoms with E-state index in [2.05, 4.69) is 5.32 Å². The number of fused-ring (bicyclic) bond motifs is 1. The maximum Gasteiger partial charge on any atom is 0.258 e. The molecule has 1 aliphatic heterocycles. The van der Waals surface area contributed by atoms with Crippen molar-refractivity contribution in [2.75, 3.05) is 5.32 Å². The van der Waals surface area contributed by atoms with Gasteiger partial charge in [-0.1, -0.05) is 41.4 Å². The number of carbonyl (C=O) groups excluding carboxylic acids is 1. The van der Waals surface area contributed by atoms with Crippen molar-refractivity contribution in [1.82, 2.24) is 4.90 Å². The summed E-state index contributed by atoms with van der Waals surface area (Å²) in [5.74, 6) is -0.0228. The number of nitrogens with one attached hydrogen (secondary N) is 1. The second kappa shape index (κ2) is 5.82. The third-order valence-corrected chi connectivity index (χ3v) is 4.45. The molecule has 0 fully saturated rings. The van der Waals surface area contributed by atoms with Crippen LogP contribution in [0.15, 0.2) is 42.5 Å². The maximum absolute atomic E-state index is 12.9. The van der Waals surface area contributed by atoms with Crippen LogP contribution in [0.4, 0.5) is 5.69 Å². The molecule has 0 saturated carbocycles. The van der Waals surface area contributed by atoms with Gasteiger partial charge in [-0.2, -0.15) is 0 Å². The van der Waals surface area contributed by atoms with Crippen molar-refractivity contribution < 1.29 is 4.79 Å². The van der Waals surface area contributed by atoms with Gasteiger partial charge in [0.25, 0.3) is 5.91 Å². The van der Waals surface area contributed by atoms with Gasteiger partial charge >= 0.3 is 0 Å². The van der Waals surface area contributed by atoms with Gasteiger partial charge in [-0.05, 0) is 38.1 Å². The molecule has 1 heterocycles. The van der Waals surface area contributed by atoms with E-state index in [9.17, 15) is 4.79 Å². The smallest absolute Gasteiger partial charge is 0.258 e. The quantitative estimate of drug-likeness (QED) is 0.840. The molecule has 0 radical (unpaired) electrons. The summed E-state index contributed by atoms with van der Waals surface area (Å²) in [7, 11) is 0. The zero-order valence-electron chi connectivity index (χ0n) is 12.3. The number of halogens is 2. The molecule has 0 bridgehead atoms. The molecule has 1 unspecified atom stereocenters. The summed E-state index contributed by atoms with van der Waals surface area (Å²) in [4.78, 5) is 14.6. The van der Waals surface area contributed by atoms with Gasteiger partial charge in [0.1, 0.15) is 6.17 Å². The van der Waals surface area contributed by atoms with Gasteiger partial charge in [-0.25, -0.2) is 0 Å². The molecule has 114 valence electrons. The van der Waals surface area contributed by atoms with Gasteiger partial charge < -0.3 is 10.2 Å². The Labute approximate surface area is 139 Å². The average Bonchev–Trinajstić information content (AvgIpc) is 2.47. The molecule has 1 aliphatic rings. The topological polar surface area (TPSA) is 32.3 Å². The van der Waals surface area contributed by atoms with E-state index < -0.39 is 0 Å². The monoisotopic (exact) mass is 334 g/mol. The van der Waals surface area contributed by atoms with Gasteiger partial charge in [0.05, 0.1) is 5.56 Å². The molecule has 3 rings (SSSR count). The molecule has 2 aromatic carbocycles. The minimum Gasteiger partial charge on any atom is -0.361 e. The minimum atomic E-state index is -0.386. The predicted octanol–water partition coefficient (Wildman–Crippen LogP) is 4.97. The molecule has 1 N–H and O–H groups in total. The molecule has 0 aromatic heterocycles. The normalized spacial score (nSPS) is 17.4. The van der Waals surface area contributed by atoms with E-state index in [0.717, 1.165) is 11.3 Å². The lowest BCUT2D eigenvalue weighted by atomic mass is 10.0. The molecule has 5 heteroatoms. The van der Waals surface area contributed by atoms with Crippen LogP contribution in [0.1, 0.15) is 35.9 Å². The van der Waals surface area contributed by atoms with Crippen molar-refractivity contribution >= 4 is 34.8 Å². The lowest BCUT2D eigenvalue weighted by Crippen LogP contribution is -2.46. The lowest BCUT2D eigenvalue weighted by Gasteiger charge is -2.41. The molecule has 1 amide bonds. The molecule has 3 nitrogen and oxygen atoms in total. The van der Waals surface area contributed by atoms with Gasteiger partial charge in [-0.15, -0.1) is 0 Å². The highest BCUT2D eigenvalue weighted by atomic mass is 35.5. The number of rotatable bonds is 2. The van der Waals surface area contributed by atoms with Crippen LogP contribution in [0.2, 0.25) is 10.0 Å². The first-order chi connectivity index (χ1) is 10.5. The van der Waals surface area contributed by atoms with E-state index >= 15 is 0 Å². The number of para-hydroxylation sites is 1. The van der Waals surface area contributed by atoms with E-state index in [1.54, 1.807) is 23.1 Å². The Bertz CT molecular complexity index is 710. The highest BCUT2D eigenvalue weighted by Gasteiger charge is 2.36. The van der Waals surface area contributed by atoms with Crippen molar-refractivity contribution in [3.63, 3.8) is 0 Å². The number of hydrogen-bond acceptors (Lipinski definition) is 2. The van der Waals surface area contributed by atoms with Crippen LogP contribution < -0.4 is 5.32 Å². The number of anilines is 1.